The van der Waals surface area contributed by atoms with Gasteiger partial charge in [-0.15, -0.1) is 0 Å². The molecule has 1 saturated heterocycles. The molecule has 1 heterocycles. The van der Waals surface area contributed by atoms with Crippen molar-refractivity contribution in [1.82, 2.24) is 0 Å². The molecular formula is C16H14FNO3. The predicted octanol–water partition coefficient (Wildman–Crippen LogP) is 1.46. The van der Waals surface area contributed by atoms with Crippen LogP contribution >= 0.6 is 0 Å². The van der Waals surface area contributed by atoms with Crippen molar-refractivity contribution in [3.63, 3.8) is 0 Å². The molecular weight excluding hydrogens is 273 g/mol. The predicted molar refractivity (Wildman–Crippen MR) is 73.7 cm³/mol. The summed E-state index contributed by atoms with van der Waals surface area (Å²) in [5.74, 6) is 3.53. The number of aliphatic hydroxyl groups excluding tert-OH is 1. The normalized spacial score (nSPS) is 24.0. The fraction of sp³-hybridized carbons (Fsp3) is 0.375. The zero-order valence-electron chi connectivity index (χ0n) is 11.3. The van der Waals surface area contributed by atoms with Gasteiger partial charge in [0, 0.05) is 11.8 Å². The Hall–Kier alpha value is -2.19. The summed E-state index contributed by atoms with van der Waals surface area (Å²) in [7, 11) is 0. The molecule has 1 aliphatic heterocycles. The summed E-state index contributed by atoms with van der Waals surface area (Å²) in [6.07, 6.45) is 2.08. The molecule has 2 aliphatic rings. The lowest BCUT2D eigenvalue weighted by atomic mass is 9.96. The lowest BCUT2D eigenvalue weighted by Crippen LogP contribution is -2.46. The molecule has 108 valence electrons. The van der Waals surface area contributed by atoms with Crippen molar-refractivity contribution < 1.29 is 19.1 Å². The number of nitrogens with zero attached hydrogens (tertiary/aromatic N) is 1. The number of fused-ring (bicyclic) bond motifs is 2. The van der Waals surface area contributed by atoms with E-state index in [1.165, 1.54) is 12.1 Å². The van der Waals surface area contributed by atoms with Crippen LogP contribution in [0.1, 0.15) is 24.8 Å². The molecule has 2 amide bonds. The Bertz CT molecular complexity index is 652. The number of amides is 2. The highest BCUT2D eigenvalue weighted by atomic mass is 19.1. The van der Waals surface area contributed by atoms with Gasteiger partial charge in [0.25, 0.3) is 0 Å². The Balaban J connectivity index is 1.95. The molecule has 1 aromatic rings. The number of benzene rings is 1. The van der Waals surface area contributed by atoms with Gasteiger partial charge in [0.1, 0.15) is 12.4 Å². The minimum absolute atomic E-state index is 0.121. The van der Waals surface area contributed by atoms with Crippen molar-refractivity contribution in [2.24, 2.45) is 11.8 Å². The monoisotopic (exact) mass is 287 g/mol. The Morgan fingerprint density at radius 1 is 1.24 bits per heavy atom. The van der Waals surface area contributed by atoms with Crippen molar-refractivity contribution in [3.05, 3.63) is 29.6 Å². The maximum Gasteiger partial charge on any atom is 0.236 e. The highest BCUT2D eigenvalue weighted by molar-refractivity contribution is 6.18. The van der Waals surface area contributed by atoms with E-state index in [1.807, 2.05) is 0 Å². The van der Waals surface area contributed by atoms with Crippen molar-refractivity contribution >= 4 is 17.5 Å². The second-order valence-electron chi connectivity index (χ2n) is 5.34. The summed E-state index contributed by atoms with van der Waals surface area (Å²) < 4.78 is 14.0. The maximum absolute atomic E-state index is 14.0. The largest absolute Gasteiger partial charge is 0.384 e. The van der Waals surface area contributed by atoms with Crippen LogP contribution in [0.5, 0.6) is 0 Å². The average molecular weight is 287 g/mol. The number of hydrogen-bond donors (Lipinski definition) is 1. The summed E-state index contributed by atoms with van der Waals surface area (Å²) in [6, 6.07) is 4.09. The van der Waals surface area contributed by atoms with Crippen molar-refractivity contribution in [3.8, 4) is 11.8 Å². The third-order valence-electron chi connectivity index (χ3n) is 4.08. The number of imide groups is 1. The van der Waals surface area contributed by atoms with Crippen molar-refractivity contribution in [1.29, 1.82) is 0 Å². The first kappa shape index (κ1) is 13.8. The number of rotatable bonds is 1. The number of hydrogen-bond acceptors (Lipinski definition) is 3. The number of carbonyl (C=O) groups is 2. The highest BCUT2D eigenvalue weighted by Crippen LogP contribution is 2.40. The Morgan fingerprint density at radius 2 is 1.90 bits per heavy atom. The zero-order valence-corrected chi connectivity index (χ0v) is 11.3. The lowest BCUT2D eigenvalue weighted by Gasteiger charge is -2.29. The van der Waals surface area contributed by atoms with E-state index in [9.17, 15) is 14.0 Å². The van der Waals surface area contributed by atoms with E-state index < -0.39 is 5.82 Å². The van der Waals surface area contributed by atoms with E-state index >= 15 is 0 Å². The quantitative estimate of drug-likeness (QED) is 0.628. The molecule has 21 heavy (non-hydrogen) atoms. The molecule has 1 saturated carbocycles. The Labute approximate surface area is 121 Å². The van der Waals surface area contributed by atoms with Crippen LogP contribution in [-0.2, 0) is 9.59 Å². The van der Waals surface area contributed by atoms with Crippen LogP contribution in [0, 0.1) is 29.5 Å². The van der Waals surface area contributed by atoms with Crippen LogP contribution in [0.2, 0.25) is 0 Å². The van der Waals surface area contributed by atoms with Gasteiger partial charge in [-0.05, 0) is 37.5 Å². The Morgan fingerprint density at radius 3 is 2.48 bits per heavy atom. The molecule has 0 spiro atoms. The van der Waals surface area contributed by atoms with E-state index in [1.54, 1.807) is 0 Å². The van der Waals surface area contributed by atoms with Crippen LogP contribution in [0.3, 0.4) is 0 Å². The van der Waals surface area contributed by atoms with Crippen LogP contribution in [0.4, 0.5) is 10.1 Å². The van der Waals surface area contributed by atoms with E-state index in [2.05, 4.69) is 11.8 Å². The summed E-state index contributed by atoms with van der Waals surface area (Å²) in [4.78, 5) is 25.7. The van der Waals surface area contributed by atoms with Crippen LogP contribution in [0.25, 0.3) is 0 Å². The van der Waals surface area contributed by atoms with Gasteiger partial charge in [-0.1, -0.05) is 11.8 Å². The topological polar surface area (TPSA) is 57.6 Å². The van der Waals surface area contributed by atoms with E-state index in [0.717, 1.165) is 23.8 Å². The van der Waals surface area contributed by atoms with Gasteiger partial charge in [0.2, 0.25) is 11.8 Å². The molecule has 2 bridgehead atoms. The maximum atomic E-state index is 14.0. The second-order valence-corrected chi connectivity index (χ2v) is 5.34. The lowest BCUT2D eigenvalue weighted by molar-refractivity contribution is -0.132. The van der Waals surface area contributed by atoms with Gasteiger partial charge in [-0.3, -0.25) is 9.59 Å². The Kier molecular flexibility index (Phi) is 3.48. The molecule has 0 radical (unpaired) electrons. The standard InChI is InChI=1S/C16H14FNO3/c17-14-9-13(6-5-10(14)2-1-7-19)18-15(20)11-3-4-12(8-11)16(18)21/h5-6,9,11-12,19H,3-4,7-8H2. The third kappa shape index (κ3) is 2.32. The molecule has 4 nitrogen and oxygen atoms in total. The molecule has 2 unspecified atom stereocenters. The number of piperidine rings is 1. The van der Waals surface area contributed by atoms with Crippen LogP contribution in [0.15, 0.2) is 18.2 Å². The van der Waals surface area contributed by atoms with Crippen LogP contribution < -0.4 is 4.90 Å². The summed E-state index contributed by atoms with van der Waals surface area (Å²) in [6.45, 7) is -0.354. The summed E-state index contributed by atoms with van der Waals surface area (Å²) >= 11 is 0. The number of halogens is 1. The van der Waals surface area contributed by atoms with Gasteiger partial charge in [0.05, 0.1) is 11.3 Å². The fourth-order valence-electron chi connectivity index (χ4n) is 3.04. The van der Waals surface area contributed by atoms with Gasteiger partial charge >= 0.3 is 0 Å². The molecule has 3 rings (SSSR count). The molecule has 1 aliphatic carbocycles. The molecule has 2 fully saturated rings. The number of carbonyl (C=O) groups excluding carboxylic acids is 2. The SMILES string of the molecule is O=C1C2CCC(C2)C(=O)N1c1ccc(C#CCO)c(F)c1. The van der Waals surface area contributed by atoms with E-state index in [-0.39, 0.29) is 41.5 Å². The van der Waals surface area contributed by atoms with Crippen LogP contribution in [-0.4, -0.2) is 23.5 Å². The third-order valence-corrected chi connectivity index (χ3v) is 4.08. The van der Waals surface area contributed by atoms with Gasteiger partial charge in [-0.2, -0.15) is 0 Å². The molecule has 5 heteroatoms. The van der Waals surface area contributed by atoms with E-state index in [0.29, 0.717) is 6.42 Å². The minimum Gasteiger partial charge on any atom is -0.384 e. The second kappa shape index (κ2) is 5.30. The van der Waals surface area contributed by atoms with Gasteiger partial charge in [-0.25, -0.2) is 9.29 Å². The summed E-state index contributed by atoms with van der Waals surface area (Å²) in [5, 5.41) is 8.62. The fourth-order valence-corrected chi connectivity index (χ4v) is 3.04. The smallest absolute Gasteiger partial charge is 0.236 e. The molecule has 1 aromatic carbocycles. The first-order chi connectivity index (χ1) is 10.1. The first-order valence-corrected chi connectivity index (χ1v) is 6.89. The molecule has 2 atom stereocenters. The van der Waals surface area contributed by atoms with Gasteiger partial charge < -0.3 is 5.11 Å². The van der Waals surface area contributed by atoms with E-state index in [4.69, 9.17) is 5.11 Å². The van der Waals surface area contributed by atoms with Crippen molar-refractivity contribution in [2.45, 2.75) is 19.3 Å². The molecule has 1 N–H and O–H groups in total. The van der Waals surface area contributed by atoms with Crippen molar-refractivity contribution in [2.75, 3.05) is 11.5 Å². The highest BCUT2D eigenvalue weighted by Gasteiger charge is 2.45. The van der Waals surface area contributed by atoms with Gasteiger partial charge in [0.15, 0.2) is 0 Å². The first-order valence-electron chi connectivity index (χ1n) is 6.89. The minimum atomic E-state index is -0.605. The zero-order chi connectivity index (χ0) is 15.0. The number of anilines is 1. The average Bonchev–Trinajstić information content (AvgIpc) is 2.92. The summed E-state index contributed by atoms with van der Waals surface area (Å²) in [5.41, 5.74) is 0.390. The number of aliphatic hydroxyl groups is 1. The molecule has 0 aromatic heterocycles.